The normalized spacial score (nSPS) is 18.1. The number of amides is 2. The monoisotopic (exact) mass is 490 g/mol. The number of halogens is 3. The topological polar surface area (TPSA) is 98.8 Å². The van der Waals surface area contributed by atoms with Crippen molar-refractivity contribution in [3.8, 4) is 0 Å². The van der Waals surface area contributed by atoms with Gasteiger partial charge >= 0.3 is 6.18 Å². The summed E-state index contributed by atoms with van der Waals surface area (Å²) in [6, 6.07) is 4.37. The Morgan fingerprint density at radius 1 is 0.909 bits per heavy atom. The molecule has 33 heavy (non-hydrogen) atoms. The quantitative estimate of drug-likeness (QED) is 0.611. The molecule has 2 N–H and O–H groups in total. The fraction of sp³-hybridized carbons (Fsp3) is 0.619. The van der Waals surface area contributed by atoms with Crippen molar-refractivity contribution in [2.75, 3.05) is 44.2 Å². The number of hydrogen-bond acceptors (Lipinski definition) is 5. The molecule has 0 aromatic heterocycles. The molecule has 0 atom stereocenters. The molecule has 3 rings (SSSR count). The Hall–Kier alpha value is -2.34. The van der Waals surface area contributed by atoms with E-state index >= 15 is 0 Å². The number of benzene rings is 1. The molecule has 2 amide bonds. The fourth-order valence-corrected chi connectivity index (χ4v) is 5.78. The molecule has 0 aliphatic carbocycles. The molecular weight excluding hydrogens is 461 g/mol. The highest BCUT2D eigenvalue weighted by molar-refractivity contribution is 7.89. The standard InChI is InChI=1S/C21H29F3N4O4S/c22-21(23,24)15-26-19(29)14-25-20(30)16-7-8-17(27-9-3-1-4-10-27)18(13-16)33(31,32)28-11-5-2-6-12-28/h7-8,13H,1-6,9-12,14-15H2,(H,25,30)(H,26,29). The SMILES string of the molecule is O=C(CNC(=O)c1ccc(N2CCCCC2)c(S(=O)(=O)N2CCCCC2)c1)NCC(F)(F)F. The smallest absolute Gasteiger partial charge is 0.370 e. The maximum absolute atomic E-state index is 13.5. The van der Waals surface area contributed by atoms with E-state index in [9.17, 15) is 31.2 Å². The minimum atomic E-state index is -4.55. The molecule has 8 nitrogen and oxygen atoms in total. The van der Waals surface area contributed by atoms with Crippen molar-refractivity contribution in [3.63, 3.8) is 0 Å². The number of rotatable bonds is 7. The van der Waals surface area contributed by atoms with E-state index in [1.165, 1.54) is 16.4 Å². The molecular formula is C21H29F3N4O4S. The molecule has 1 aromatic rings. The largest absolute Gasteiger partial charge is 0.405 e. The van der Waals surface area contributed by atoms with E-state index in [1.54, 1.807) is 11.4 Å². The molecule has 2 fully saturated rings. The van der Waals surface area contributed by atoms with Crippen LogP contribution in [0.25, 0.3) is 0 Å². The predicted octanol–water partition coefficient (Wildman–Crippen LogP) is 2.26. The number of alkyl halides is 3. The van der Waals surface area contributed by atoms with Crippen molar-refractivity contribution in [2.45, 2.75) is 49.6 Å². The molecule has 0 saturated carbocycles. The first kappa shape index (κ1) is 25.3. The fourth-order valence-electron chi connectivity index (χ4n) is 4.03. The molecule has 2 aliphatic heterocycles. The van der Waals surface area contributed by atoms with Crippen LogP contribution >= 0.6 is 0 Å². The molecule has 1 aromatic carbocycles. The summed E-state index contributed by atoms with van der Waals surface area (Å²) in [6.45, 7) is 0.109. The van der Waals surface area contributed by atoms with Gasteiger partial charge in [0.25, 0.3) is 5.91 Å². The van der Waals surface area contributed by atoms with Crippen molar-refractivity contribution in [1.82, 2.24) is 14.9 Å². The lowest BCUT2D eigenvalue weighted by Gasteiger charge is -2.33. The van der Waals surface area contributed by atoms with Crippen LogP contribution in [0.3, 0.4) is 0 Å². The second-order valence-corrected chi connectivity index (χ2v) is 10.2. The Bertz CT molecular complexity index is 957. The third-order valence-corrected chi connectivity index (χ3v) is 7.67. The van der Waals surface area contributed by atoms with Crippen LogP contribution in [0.5, 0.6) is 0 Å². The van der Waals surface area contributed by atoms with Crippen molar-refractivity contribution >= 4 is 27.5 Å². The molecule has 2 aliphatic rings. The summed E-state index contributed by atoms with van der Waals surface area (Å²) in [7, 11) is -3.85. The van der Waals surface area contributed by atoms with Gasteiger partial charge in [-0.25, -0.2) is 8.42 Å². The van der Waals surface area contributed by atoms with Gasteiger partial charge in [0.15, 0.2) is 0 Å². The van der Waals surface area contributed by atoms with Gasteiger partial charge < -0.3 is 15.5 Å². The number of nitrogens with zero attached hydrogens (tertiary/aromatic N) is 2. The summed E-state index contributed by atoms with van der Waals surface area (Å²) in [5.74, 6) is -1.73. The van der Waals surface area contributed by atoms with Gasteiger partial charge in [-0.2, -0.15) is 17.5 Å². The molecule has 184 valence electrons. The van der Waals surface area contributed by atoms with Crippen LogP contribution in [0.1, 0.15) is 48.9 Å². The minimum absolute atomic E-state index is 0.0231. The lowest BCUT2D eigenvalue weighted by molar-refractivity contribution is -0.137. The molecule has 0 radical (unpaired) electrons. The van der Waals surface area contributed by atoms with Gasteiger partial charge in [-0.05, 0) is 50.3 Å². The van der Waals surface area contributed by atoms with E-state index in [4.69, 9.17) is 0 Å². The Morgan fingerprint density at radius 2 is 1.52 bits per heavy atom. The average molecular weight is 491 g/mol. The number of carbonyl (C=O) groups excluding carboxylic acids is 2. The number of sulfonamides is 1. The van der Waals surface area contributed by atoms with Gasteiger partial charge in [0.05, 0.1) is 12.2 Å². The highest BCUT2D eigenvalue weighted by Gasteiger charge is 2.31. The zero-order valence-corrected chi connectivity index (χ0v) is 19.1. The molecule has 0 spiro atoms. The van der Waals surface area contributed by atoms with Crippen molar-refractivity contribution in [1.29, 1.82) is 0 Å². The minimum Gasteiger partial charge on any atom is -0.370 e. The number of carbonyl (C=O) groups is 2. The molecule has 0 unspecified atom stereocenters. The second-order valence-electron chi connectivity index (χ2n) is 8.27. The van der Waals surface area contributed by atoms with Crippen LogP contribution in [0.2, 0.25) is 0 Å². The van der Waals surface area contributed by atoms with Crippen molar-refractivity contribution < 1.29 is 31.2 Å². The number of nitrogens with one attached hydrogen (secondary N) is 2. The van der Waals surface area contributed by atoms with Crippen LogP contribution in [-0.2, 0) is 14.8 Å². The van der Waals surface area contributed by atoms with Crippen LogP contribution in [0, 0.1) is 0 Å². The van der Waals surface area contributed by atoms with E-state index in [-0.39, 0.29) is 10.5 Å². The second kappa shape index (κ2) is 10.7. The maximum atomic E-state index is 13.5. The zero-order valence-electron chi connectivity index (χ0n) is 18.3. The van der Waals surface area contributed by atoms with Crippen LogP contribution in [0.4, 0.5) is 18.9 Å². The van der Waals surface area contributed by atoms with Crippen molar-refractivity contribution in [3.05, 3.63) is 23.8 Å². The first-order chi connectivity index (χ1) is 15.6. The molecule has 12 heteroatoms. The van der Waals surface area contributed by atoms with Crippen LogP contribution in [0.15, 0.2) is 23.1 Å². The predicted molar refractivity (Wildman–Crippen MR) is 117 cm³/mol. The van der Waals surface area contributed by atoms with E-state index in [1.807, 2.05) is 4.90 Å². The van der Waals surface area contributed by atoms with Gasteiger partial charge in [0.1, 0.15) is 11.4 Å². The Morgan fingerprint density at radius 3 is 2.12 bits per heavy atom. The summed E-state index contributed by atoms with van der Waals surface area (Å²) < 4.78 is 65.0. The van der Waals surface area contributed by atoms with Gasteiger partial charge in [0.2, 0.25) is 15.9 Å². The van der Waals surface area contributed by atoms with Gasteiger partial charge in [0, 0.05) is 31.7 Å². The maximum Gasteiger partial charge on any atom is 0.405 e. The summed E-state index contributed by atoms with van der Waals surface area (Å²) in [5, 5.41) is 3.92. The molecule has 0 bridgehead atoms. The molecule has 2 saturated heterocycles. The van der Waals surface area contributed by atoms with E-state index in [0.717, 1.165) is 38.5 Å². The van der Waals surface area contributed by atoms with Gasteiger partial charge in [-0.1, -0.05) is 6.42 Å². The van der Waals surface area contributed by atoms with E-state index < -0.39 is 41.1 Å². The average Bonchev–Trinajstić information content (AvgIpc) is 2.81. The first-order valence-electron chi connectivity index (χ1n) is 11.1. The number of piperidine rings is 2. The first-order valence-corrected chi connectivity index (χ1v) is 12.5. The summed E-state index contributed by atoms with van der Waals surface area (Å²) in [6.07, 6.45) is 0.904. The van der Waals surface area contributed by atoms with Gasteiger partial charge in [-0.15, -0.1) is 0 Å². The Balaban J connectivity index is 1.81. The third kappa shape index (κ3) is 6.83. The highest BCUT2D eigenvalue weighted by Crippen LogP contribution is 2.32. The lowest BCUT2D eigenvalue weighted by atomic mass is 10.1. The van der Waals surface area contributed by atoms with E-state index in [0.29, 0.717) is 31.9 Å². The lowest BCUT2D eigenvalue weighted by Crippen LogP contribution is -2.41. The van der Waals surface area contributed by atoms with Crippen LogP contribution in [-0.4, -0.2) is 70.0 Å². The Kier molecular flexibility index (Phi) is 8.22. The summed E-state index contributed by atoms with van der Waals surface area (Å²) in [5.41, 5.74) is 0.565. The van der Waals surface area contributed by atoms with Crippen molar-refractivity contribution in [2.24, 2.45) is 0 Å². The number of anilines is 1. The van der Waals surface area contributed by atoms with Gasteiger partial charge in [-0.3, -0.25) is 9.59 Å². The van der Waals surface area contributed by atoms with Crippen LogP contribution < -0.4 is 15.5 Å². The Labute approximate surface area is 191 Å². The number of hydrogen-bond donors (Lipinski definition) is 2. The summed E-state index contributed by atoms with van der Waals surface area (Å²) >= 11 is 0. The zero-order chi connectivity index (χ0) is 24.1. The third-order valence-electron chi connectivity index (χ3n) is 5.75. The summed E-state index contributed by atoms with van der Waals surface area (Å²) in [4.78, 5) is 26.2. The highest BCUT2D eigenvalue weighted by atomic mass is 32.2. The van der Waals surface area contributed by atoms with E-state index in [2.05, 4.69) is 5.32 Å². The molecule has 2 heterocycles.